The molecule has 0 radical (unpaired) electrons. The van der Waals surface area contributed by atoms with E-state index in [-0.39, 0.29) is 0 Å². The first-order valence-electron chi connectivity index (χ1n) is 5.45. The van der Waals surface area contributed by atoms with Crippen LogP contribution in [0.3, 0.4) is 0 Å². The van der Waals surface area contributed by atoms with Gasteiger partial charge in [-0.3, -0.25) is 20.2 Å². The highest BCUT2D eigenvalue weighted by molar-refractivity contribution is 5.54. The van der Waals surface area contributed by atoms with Crippen molar-refractivity contribution in [2.75, 3.05) is 0 Å². The van der Waals surface area contributed by atoms with Crippen molar-refractivity contribution in [3.8, 4) is 11.5 Å². The standard InChI is InChI=1S/C12H6F2N2O5/c13-8-2-1-3-11(12(8)14)21-10-5-4-7(15(17)18)6-9(10)16(19)20/h1-6H. The molecule has 0 aliphatic rings. The summed E-state index contributed by atoms with van der Waals surface area (Å²) < 4.78 is 31.4. The van der Waals surface area contributed by atoms with E-state index in [1.54, 1.807) is 0 Å². The molecule has 0 unspecified atom stereocenters. The molecular formula is C12H6F2N2O5. The van der Waals surface area contributed by atoms with Gasteiger partial charge in [-0.05, 0) is 18.2 Å². The maximum Gasteiger partial charge on any atom is 0.318 e. The van der Waals surface area contributed by atoms with Gasteiger partial charge in [-0.2, -0.15) is 4.39 Å². The van der Waals surface area contributed by atoms with E-state index >= 15 is 0 Å². The minimum Gasteiger partial charge on any atom is -0.447 e. The summed E-state index contributed by atoms with van der Waals surface area (Å²) in [5.41, 5.74) is -1.25. The molecule has 0 atom stereocenters. The number of nitro benzene ring substituents is 2. The van der Waals surface area contributed by atoms with E-state index in [4.69, 9.17) is 4.74 Å². The number of hydrogen-bond donors (Lipinski definition) is 0. The van der Waals surface area contributed by atoms with Crippen molar-refractivity contribution in [1.29, 1.82) is 0 Å². The highest BCUT2D eigenvalue weighted by Crippen LogP contribution is 2.35. The van der Waals surface area contributed by atoms with Crippen molar-refractivity contribution in [2.45, 2.75) is 0 Å². The zero-order valence-corrected chi connectivity index (χ0v) is 10.2. The summed E-state index contributed by atoms with van der Waals surface area (Å²) in [5, 5.41) is 21.5. The van der Waals surface area contributed by atoms with E-state index in [2.05, 4.69) is 0 Å². The average Bonchev–Trinajstić information content (AvgIpc) is 2.43. The van der Waals surface area contributed by atoms with Crippen LogP contribution in [0.5, 0.6) is 11.5 Å². The Kier molecular flexibility index (Phi) is 3.74. The van der Waals surface area contributed by atoms with Gasteiger partial charge in [0, 0.05) is 6.07 Å². The molecule has 2 aromatic rings. The first kappa shape index (κ1) is 14.3. The van der Waals surface area contributed by atoms with Gasteiger partial charge in [-0.1, -0.05) is 6.07 Å². The molecule has 0 N–H and O–H groups in total. The lowest BCUT2D eigenvalue weighted by Crippen LogP contribution is -1.97. The van der Waals surface area contributed by atoms with Gasteiger partial charge in [0.05, 0.1) is 15.9 Å². The number of non-ortho nitro benzene ring substituents is 1. The van der Waals surface area contributed by atoms with Crippen molar-refractivity contribution in [2.24, 2.45) is 0 Å². The highest BCUT2D eigenvalue weighted by Gasteiger charge is 2.22. The third kappa shape index (κ3) is 2.91. The molecule has 0 heterocycles. The van der Waals surface area contributed by atoms with Crippen LogP contribution in [0.4, 0.5) is 20.2 Å². The molecule has 0 spiro atoms. The summed E-state index contributed by atoms with van der Waals surface area (Å²) in [5.74, 6) is -3.50. The summed E-state index contributed by atoms with van der Waals surface area (Å²) in [7, 11) is 0. The van der Waals surface area contributed by atoms with Gasteiger partial charge in [-0.15, -0.1) is 0 Å². The lowest BCUT2D eigenvalue weighted by Gasteiger charge is -2.07. The molecule has 0 bridgehead atoms. The summed E-state index contributed by atoms with van der Waals surface area (Å²) in [6.07, 6.45) is 0. The first-order valence-corrected chi connectivity index (χ1v) is 5.45. The van der Waals surface area contributed by atoms with E-state index in [0.29, 0.717) is 6.07 Å². The number of ether oxygens (including phenoxy) is 1. The highest BCUT2D eigenvalue weighted by atomic mass is 19.2. The lowest BCUT2D eigenvalue weighted by molar-refractivity contribution is -0.394. The molecule has 21 heavy (non-hydrogen) atoms. The Hall–Kier alpha value is -3.10. The molecule has 0 aliphatic carbocycles. The molecule has 108 valence electrons. The third-order valence-electron chi connectivity index (χ3n) is 2.49. The topological polar surface area (TPSA) is 95.5 Å². The van der Waals surface area contributed by atoms with Crippen molar-refractivity contribution in [3.63, 3.8) is 0 Å². The van der Waals surface area contributed by atoms with Crippen LogP contribution in [0.25, 0.3) is 0 Å². The predicted molar refractivity (Wildman–Crippen MR) is 66.2 cm³/mol. The Morgan fingerprint density at radius 3 is 2.29 bits per heavy atom. The Bertz CT molecular complexity index is 736. The van der Waals surface area contributed by atoms with Crippen LogP contribution in [-0.4, -0.2) is 9.85 Å². The van der Waals surface area contributed by atoms with Crippen molar-refractivity contribution in [3.05, 3.63) is 68.3 Å². The van der Waals surface area contributed by atoms with Crippen LogP contribution in [0.1, 0.15) is 0 Å². The summed E-state index contributed by atoms with van der Waals surface area (Å²) in [4.78, 5) is 19.7. The van der Waals surface area contributed by atoms with Gasteiger partial charge < -0.3 is 4.74 Å². The molecule has 7 nitrogen and oxygen atoms in total. The summed E-state index contributed by atoms with van der Waals surface area (Å²) in [6.45, 7) is 0. The molecule has 2 rings (SSSR count). The largest absolute Gasteiger partial charge is 0.447 e. The average molecular weight is 296 g/mol. The normalized spacial score (nSPS) is 10.2. The maximum atomic E-state index is 13.4. The van der Waals surface area contributed by atoms with Crippen LogP contribution in [-0.2, 0) is 0 Å². The fourth-order valence-corrected chi connectivity index (χ4v) is 1.53. The fourth-order valence-electron chi connectivity index (χ4n) is 1.53. The van der Waals surface area contributed by atoms with Gasteiger partial charge in [0.2, 0.25) is 11.6 Å². The number of benzene rings is 2. The molecule has 2 aromatic carbocycles. The SMILES string of the molecule is O=[N+]([O-])c1ccc(Oc2cccc(F)c2F)c([N+](=O)[O-])c1. The van der Waals surface area contributed by atoms with Gasteiger partial charge >= 0.3 is 5.69 Å². The Morgan fingerprint density at radius 2 is 1.67 bits per heavy atom. The fraction of sp³-hybridized carbons (Fsp3) is 0. The minimum absolute atomic E-state index is 0.435. The van der Waals surface area contributed by atoms with Gasteiger partial charge in [0.25, 0.3) is 5.69 Å². The van der Waals surface area contributed by atoms with E-state index in [9.17, 15) is 29.0 Å². The van der Waals surface area contributed by atoms with Gasteiger partial charge in [0.15, 0.2) is 11.6 Å². The molecule has 0 amide bonds. The third-order valence-corrected chi connectivity index (χ3v) is 2.49. The number of hydrogen-bond acceptors (Lipinski definition) is 5. The zero-order valence-electron chi connectivity index (χ0n) is 10.2. The molecule has 0 aliphatic heterocycles. The monoisotopic (exact) mass is 296 g/mol. The van der Waals surface area contributed by atoms with Crippen molar-refractivity contribution in [1.82, 2.24) is 0 Å². The Balaban J connectivity index is 2.46. The van der Waals surface area contributed by atoms with Crippen LogP contribution in [0.15, 0.2) is 36.4 Å². The van der Waals surface area contributed by atoms with E-state index < -0.39 is 44.4 Å². The number of nitrogens with zero attached hydrogens (tertiary/aromatic N) is 2. The van der Waals surface area contributed by atoms with Crippen molar-refractivity contribution >= 4 is 11.4 Å². The molecule has 0 saturated heterocycles. The maximum absolute atomic E-state index is 13.4. The second-order valence-electron chi connectivity index (χ2n) is 3.82. The second kappa shape index (κ2) is 5.49. The van der Waals surface area contributed by atoms with Crippen LogP contribution < -0.4 is 4.74 Å². The van der Waals surface area contributed by atoms with Crippen LogP contribution >= 0.6 is 0 Å². The molecule has 0 saturated carbocycles. The van der Waals surface area contributed by atoms with Crippen molar-refractivity contribution < 1.29 is 23.4 Å². The summed E-state index contributed by atoms with van der Waals surface area (Å²) in [6, 6.07) is 5.66. The minimum atomic E-state index is -1.31. The first-order chi connectivity index (χ1) is 9.90. The number of rotatable bonds is 4. The Morgan fingerprint density at radius 1 is 0.952 bits per heavy atom. The molecule has 0 fully saturated rings. The zero-order chi connectivity index (χ0) is 15.6. The van der Waals surface area contributed by atoms with Crippen LogP contribution in [0, 0.1) is 31.9 Å². The molecule has 0 aromatic heterocycles. The predicted octanol–water partition coefficient (Wildman–Crippen LogP) is 3.57. The molecular weight excluding hydrogens is 290 g/mol. The van der Waals surface area contributed by atoms with Gasteiger partial charge in [-0.25, -0.2) is 4.39 Å². The van der Waals surface area contributed by atoms with Gasteiger partial charge in [0.1, 0.15) is 0 Å². The second-order valence-corrected chi connectivity index (χ2v) is 3.82. The quantitative estimate of drug-likeness (QED) is 0.634. The smallest absolute Gasteiger partial charge is 0.318 e. The Labute approximate surface area is 115 Å². The van der Waals surface area contributed by atoms with E-state index in [0.717, 1.165) is 30.3 Å². The summed E-state index contributed by atoms with van der Waals surface area (Å²) >= 11 is 0. The van der Waals surface area contributed by atoms with E-state index in [1.165, 1.54) is 0 Å². The lowest BCUT2D eigenvalue weighted by atomic mass is 10.2. The number of halogens is 2. The number of nitro groups is 2. The molecule has 9 heteroatoms. The van der Waals surface area contributed by atoms with Crippen LogP contribution in [0.2, 0.25) is 0 Å². The van der Waals surface area contributed by atoms with E-state index in [1.807, 2.05) is 0 Å².